The van der Waals surface area contributed by atoms with E-state index in [9.17, 15) is 14.7 Å². The first-order valence-electron chi connectivity index (χ1n) is 6.06. The molecule has 0 aliphatic carbocycles. The molecule has 6 nitrogen and oxygen atoms in total. The Labute approximate surface area is 120 Å². The smallest absolute Gasteiger partial charge is 0.326 e. The lowest BCUT2D eigenvalue weighted by atomic mass is 10.2. The van der Waals surface area contributed by atoms with Crippen molar-refractivity contribution in [1.82, 2.24) is 4.90 Å². The van der Waals surface area contributed by atoms with Crippen LogP contribution in [0.1, 0.15) is 6.42 Å². The summed E-state index contributed by atoms with van der Waals surface area (Å²) >= 11 is 5.72. The molecule has 108 valence electrons. The Morgan fingerprint density at radius 1 is 1.35 bits per heavy atom. The second-order valence-electron chi connectivity index (χ2n) is 4.53. The van der Waals surface area contributed by atoms with Crippen molar-refractivity contribution in [3.8, 4) is 5.75 Å². The molecule has 2 N–H and O–H groups in total. The number of carboxylic acids is 1. The molecule has 0 saturated carbocycles. The highest BCUT2D eigenvalue weighted by molar-refractivity contribution is 6.30. The van der Waals surface area contributed by atoms with E-state index >= 15 is 0 Å². The van der Waals surface area contributed by atoms with Crippen LogP contribution in [0, 0.1) is 0 Å². The predicted octanol–water partition coefficient (Wildman–Crippen LogP) is 0.765. The minimum atomic E-state index is -1.12. The largest absolute Gasteiger partial charge is 0.484 e. The number of aliphatic carboxylic acids is 1. The summed E-state index contributed by atoms with van der Waals surface area (Å²) in [6, 6.07) is 5.49. The monoisotopic (exact) mass is 299 g/mol. The van der Waals surface area contributed by atoms with Crippen LogP contribution in [0.15, 0.2) is 24.3 Å². The average Bonchev–Trinajstić information content (AvgIpc) is 2.80. The van der Waals surface area contributed by atoms with Crippen molar-refractivity contribution >= 4 is 23.5 Å². The Morgan fingerprint density at radius 2 is 2.00 bits per heavy atom. The Hall–Kier alpha value is -1.79. The number of carbonyl (C=O) groups excluding carboxylic acids is 1. The molecule has 0 spiro atoms. The van der Waals surface area contributed by atoms with E-state index in [-0.39, 0.29) is 19.6 Å². The molecule has 1 aliphatic rings. The van der Waals surface area contributed by atoms with Gasteiger partial charge in [-0.2, -0.15) is 0 Å². The zero-order chi connectivity index (χ0) is 14.7. The molecule has 2 rings (SSSR count). The number of hydrogen-bond donors (Lipinski definition) is 2. The van der Waals surface area contributed by atoms with Crippen molar-refractivity contribution < 1.29 is 24.5 Å². The molecule has 1 aromatic rings. The molecule has 1 heterocycles. The molecule has 0 radical (unpaired) electrons. The van der Waals surface area contributed by atoms with Gasteiger partial charge in [0.15, 0.2) is 6.61 Å². The van der Waals surface area contributed by atoms with Gasteiger partial charge in [0, 0.05) is 18.0 Å². The lowest BCUT2D eigenvalue weighted by Crippen LogP contribution is -2.42. The number of rotatable bonds is 4. The summed E-state index contributed by atoms with van der Waals surface area (Å²) in [4.78, 5) is 24.1. The number of aliphatic hydroxyl groups is 1. The number of ether oxygens (including phenoxy) is 1. The highest BCUT2D eigenvalue weighted by Gasteiger charge is 2.38. The van der Waals surface area contributed by atoms with Crippen molar-refractivity contribution in [1.29, 1.82) is 0 Å². The summed E-state index contributed by atoms with van der Waals surface area (Å²) in [5, 5.41) is 19.0. The standard InChI is InChI=1S/C13H14ClNO5/c14-8-1-3-10(4-2-8)20-7-12(17)15-6-9(16)5-11(15)13(18)19/h1-4,9,11,16H,5-7H2,(H,18,19)/t9-,11-/m0/s1. The van der Waals surface area contributed by atoms with E-state index in [0.717, 1.165) is 4.90 Å². The number of β-amino-alcohol motifs (C(OH)–C–C–N with tert-alkyl or cyclic N) is 1. The van der Waals surface area contributed by atoms with Crippen LogP contribution in [0.2, 0.25) is 5.02 Å². The number of nitrogens with zero attached hydrogens (tertiary/aromatic N) is 1. The number of aliphatic hydroxyl groups excluding tert-OH is 1. The number of likely N-dealkylation sites (tertiary alicyclic amines) is 1. The number of hydrogen-bond acceptors (Lipinski definition) is 4. The van der Waals surface area contributed by atoms with Gasteiger partial charge in [0.25, 0.3) is 5.91 Å². The highest BCUT2D eigenvalue weighted by atomic mass is 35.5. The summed E-state index contributed by atoms with van der Waals surface area (Å²) in [7, 11) is 0. The second kappa shape index (κ2) is 6.11. The average molecular weight is 300 g/mol. The lowest BCUT2D eigenvalue weighted by molar-refractivity contribution is -0.148. The van der Waals surface area contributed by atoms with Crippen LogP contribution in [0.4, 0.5) is 0 Å². The topological polar surface area (TPSA) is 87.1 Å². The van der Waals surface area contributed by atoms with Crippen LogP contribution in [-0.4, -0.2) is 52.3 Å². The zero-order valence-corrected chi connectivity index (χ0v) is 11.3. The predicted molar refractivity (Wildman–Crippen MR) is 70.7 cm³/mol. The number of halogens is 1. The third-order valence-corrected chi connectivity index (χ3v) is 3.31. The third-order valence-electron chi connectivity index (χ3n) is 3.06. The fourth-order valence-corrected chi connectivity index (χ4v) is 2.21. The van der Waals surface area contributed by atoms with Gasteiger partial charge in [0.1, 0.15) is 11.8 Å². The number of amides is 1. The van der Waals surface area contributed by atoms with Gasteiger partial charge in [-0.15, -0.1) is 0 Å². The van der Waals surface area contributed by atoms with Crippen LogP contribution in [0.25, 0.3) is 0 Å². The quantitative estimate of drug-likeness (QED) is 0.857. The summed E-state index contributed by atoms with van der Waals surface area (Å²) in [5.74, 6) is -1.13. The van der Waals surface area contributed by atoms with Crippen molar-refractivity contribution in [2.75, 3.05) is 13.2 Å². The number of benzene rings is 1. The Morgan fingerprint density at radius 3 is 2.60 bits per heavy atom. The Kier molecular flexibility index (Phi) is 4.46. The molecule has 20 heavy (non-hydrogen) atoms. The van der Waals surface area contributed by atoms with Gasteiger partial charge in [-0.25, -0.2) is 4.79 Å². The van der Waals surface area contributed by atoms with E-state index in [1.807, 2.05) is 0 Å². The van der Waals surface area contributed by atoms with Crippen molar-refractivity contribution in [3.05, 3.63) is 29.3 Å². The number of carboxylic acid groups (broad SMARTS) is 1. The summed E-state index contributed by atoms with van der Waals surface area (Å²) in [6.45, 7) is -0.266. The van der Waals surface area contributed by atoms with Crippen LogP contribution in [0.5, 0.6) is 5.75 Å². The molecule has 1 amide bonds. The van der Waals surface area contributed by atoms with Gasteiger partial charge in [-0.05, 0) is 24.3 Å². The van der Waals surface area contributed by atoms with Crippen LogP contribution >= 0.6 is 11.6 Å². The summed E-state index contributed by atoms with van der Waals surface area (Å²) in [5.41, 5.74) is 0. The lowest BCUT2D eigenvalue weighted by Gasteiger charge is -2.21. The highest BCUT2D eigenvalue weighted by Crippen LogP contribution is 2.19. The summed E-state index contributed by atoms with van der Waals surface area (Å²) in [6.07, 6.45) is -0.766. The van der Waals surface area contributed by atoms with Crippen molar-refractivity contribution in [2.45, 2.75) is 18.6 Å². The Bertz CT molecular complexity index is 504. The maximum Gasteiger partial charge on any atom is 0.326 e. The molecule has 2 atom stereocenters. The van der Waals surface area contributed by atoms with E-state index in [2.05, 4.69) is 0 Å². The van der Waals surface area contributed by atoms with Crippen LogP contribution in [-0.2, 0) is 9.59 Å². The van der Waals surface area contributed by atoms with Gasteiger partial charge in [-0.3, -0.25) is 4.79 Å². The molecule has 0 aromatic heterocycles. The van der Waals surface area contributed by atoms with E-state index in [4.69, 9.17) is 21.4 Å². The van der Waals surface area contributed by atoms with E-state index in [1.165, 1.54) is 0 Å². The van der Waals surface area contributed by atoms with Gasteiger partial charge >= 0.3 is 5.97 Å². The van der Waals surface area contributed by atoms with Crippen molar-refractivity contribution in [2.24, 2.45) is 0 Å². The molecular weight excluding hydrogens is 286 g/mol. The molecule has 0 bridgehead atoms. The summed E-state index contributed by atoms with van der Waals surface area (Å²) < 4.78 is 5.27. The van der Waals surface area contributed by atoms with Crippen LogP contribution in [0.3, 0.4) is 0 Å². The molecule has 1 saturated heterocycles. The van der Waals surface area contributed by atoms with E-state index < -0.39 is 24.0 Å². The number of carbonyl (C=O) groups is 2. The van der Waals surface area contributed by atoms with E-state index in [1.54, 1.807) is 24.3 Å². The zero-order valence-electron chi connectivity index (χ0n) is 10.5. The molecule has 1 aliphatic heterocycles. The van der Waals surface area contributed by atoms with Gasteiger partial charge < -0.3 is 19.8 Å². The fourth-order valence-electron chi connectivity index (χ4n) is 2.08. The van der Waals surface area contributed by atoms with Crippen molar-refractivity contribution in [3.63, 3.8) is 0 Å². The molecule has 1 aromatic carbocycles. The van der Waals surface area contributed by atoms with Gasteiger partial charge in [0.2, 0.25) is 0 Å². The SMILES string of the molecule is O=C(O)[C@@H]1C[C@H](O)CN1C(=O)COc1ccc(Cl)cc1. The minimum absolute atomic E-state index is 0.0137. The molecule has 0 unspecified atom stereocenters. The second-order valence-corrected chi connectivity index (χ2v) is 4.97. The van der Waals surface area contributed by atoms with Gasteiger partial charge in [-0.1, -0.05) is 11.6 Å². The Balaban J connectivity index is 1.94. The minimum Gasteiger partial charge on any atom is -0.484 e. The van der Waals surface area contributed by atoms with Crippen LogP contribution < -0.4 is 4.74 Å². The maximum atomic E-state index is 11.9. The van der Waals surface area contributed by atoms with Gasteiger partial charge in [0.05, 0.1) is 6.10 Å². The molecule has 7 heteroatoms. The third kappa shape index (κ3) is 3.40. The fraction of sp³-hybridized carbons (Fsp3) is 0.385. The molecular formula is C13H14ClNO5. The van der Waals surface area contributed by atoms with E-state index in [0.29, 0.717) is 10.8 Å². The first-order valence-corrected chi connectivity index (χ1v) is 6.44. The molecule has 1 fully saturated rings. The normalized spacial score (nSPS) is 21.8. The first kappa shape index (κ1) is 14.6. The first-order chi connectivity index (χ1) is 9.47. The maximum absolute atomic E-state index is 11.9.